The van der Waals surface area contributed by atoms with Crippen LogP contribution in [0.5, 0.6) is 0 Å². The first kappa shape index (κ1) is 12.6. The number of aromatic amines is 1. The van der Waals surface area contributed by atoms with Gasteiger partial charge in [0.05, 0.1) is 17.5 Å². The van der Waals surface area contributed by atoms with Gasteiger partial charge < -0.3 is 10.3 Å². The van der Waals surface area contributed by atoms with Crippen LogP contribution in [-0.4, -0.2) is 21.9 Å². The second-order valence-electron chi connectivity index (χ2n) is 4.73. The highest BCUT2D eigenvalue weighted by Crippen LogP contribution is 2.14. The van der Waals surface area contributed by atoms with E-state index in [0.717, 1.165) is 28.8 Å². The van der Waals surface area contributed by atoms with Crippen LogP contribution in [0, 0.1) is 6.92 Å². The summed E-state index contributed by atoms with van der Waals surface area (Å²) in [4.78, 5) is 19.3. The van der Waals surface area contributed by atoms with Gasteiger partial charge in [-0.3, -0.25) is 4.79 Å². The summed E-state index contributed by atoms with van der Waals surface area (Å²) in [5.41, 5.74) is 2.94. The molecule has 0 aliphatic heterocycles. The van der Waals surface area contributed by atoms with Crippen LogP contribution < -0.4 is 5.32 Å². The molecule has 1 aromatic carbocycles. The maximum Gasteiger partial charge on any atom is 0.224 e. The first-order valence-corrected chi connectivity index (χ1v) is 6.33. The topological polar surface area (TPSA) is 57.8 Å². The molecule has 1 unspecified atom stereocenters. The molecule has 4 nitrogen and oxygen atoms in total. The molecule has 0 fully saturated rings. The molecule has 1 heterocycles. The predicted molar refractivity (Wildman–Crippen MR) is 72.4 cm³/mol. The lowest BCUT2D eigenvalue weighted by Crippen LogP contribution is -2.33. The molecular formula is C14H19N3O. The number of carbonyl (C=O) groups is 1. The van der Waals surface area contributed by atoms with Gasteiger partial charge in [0.2, 0.25) is 5.91 Å². The average molecular weight is 245 g/mol. The van der Waals surface area contributed by atoms with E-state index >= 15 is 0 Å². The summed E-state index contributed by atoms with van der Waals surface area (Å²) in [7, 11) is 0. The molecule has 0 bridgehead atoms. The summed E-state index contributed by atoms with van der Waals surface area (Å²) in [6.45, 7) is 6.00. The van der Waals surface area contributed by atoms with Gasteiger partial charge in [-0.2, -0.15) is 0 Å². The largest absolute Gasteiger partial charge is 0.353 e. The van der Waals surface area contributed by atoms with Crippen LogP contribution in [0.2, 0.25) is 0 Å². The molecule has 2 rings (SSSR count). The third kappa shape index (κ3) is 2.88. The number of amides is 1. The van der Waals surface area contributed by atoms with Crippen LogP contribution in [0.4, 0.5) is 0 Å². The van der Waals surface area contributed by atoms with Gasteiger partial charge in [0, 0.05) is 6.04 Å². The highest BCUT2D eigenvalue weighted by molar-refractivity contribution is 5.81. The van der Waals surface area contributed by atoms with Crippen molar-refractivity contribution >= 4 is 16.9 Å². The van der Waals surface area contributed by atoms with Gasteiger partial charge >= 0.3 is 0 Å². The number of rotatable bonds is 4. The highest BCUT2D eigenvalue weighted by Gasteiger charge is 2.08. The SMILES string of the molecule is CCC(C)NC(=O)Cc1ccc2nc(C)[nH]c2c1. The first-order valence-electron chi connectivity index (χ1n) is 6.33. The maximum absolute atomic E-state index is 11.8. The first-order chi connectivity index (χ1) is 8.58. The Morgan fingerprint density at radius 3 is 3.00 bits per heavy atom. The van der Waals surface area contributed by atoms with Gasteiger partial charge in [-0.1, -0.05) is 13.0 Å². The molecule has 96 valence electrons. The zero-order chi connectivity index (χ0) is 13.1. The smallest absolute Gasteiger partial charge is 0.224 e. The number of H-pyrrole nitrogens is 1. The quantitative estimate of drug-likeness (QED) is 0.868. The second kappa shape index (κ2) is 5.21. The van der Waals surface area contributed by atoms with E-state index in [1.165, 1.54) is 0 Å². The fraction of sp³-hybridized carbons (Fsp3) is 0.429. The normalized spacial score (nSPS) is 12.6. The number of benzene rings is 1. The van der Waals surface area contributed by atoms with Crippen molar-refractivity contribution in [3.8, 4) is 0 Å². The molecule has 0 aliphatic carbocycles. The Bertz CT molecular complexity index is 559. The van der Waals surface area contributed by atoms with Crippen LogP contribution in [0.25, 0.3) is 11.0 Å². The zero-order valence-electron chi connectivity index (χ0n) is 11.1. The van der Waals surface area contributed by atoms with E-state index in [1.807, 2.05) is 32.0 Å². The van der Waals surface area contributed by atoms with Gasteiger partial charge in [-0.15, -0.1) is 0 Å². The minimum Gasteiger partial charge on any atom is -0.353 e. The third-order valence-corrected chi connectivity index (χ3v) is 3.05. The summed E-state index contributed by atoms with van der Waals surface area (Å²) in [5, 5.41) is 2.97. The average Bonchev–Trinajstić information content (AvgIpc) is 2.68. The van der Waals surface area contributed by atoms with Gasteiger partial charge in [0.25, 0.3) is 0 Å². The minimum atomic E-state index is 0.0694. The number of aryl methyl sites for hydroxylation is 1. The fourth-order valence-electron chi connectivity index (χ4n) is 1.91. The van der Waals surface area contributed by atoms with Crippen molar-refractivity contribution in [3.05, 3.63) is 29.6 Å². The molecule has 18 heavy (non-hydrogen) atoms. The molecule has 4 heteroatoms. The molecule has 2 aromatic rings. The zero-order valence-corrected chi connectivity index (χ0v) is 11.1. The van der Waals surface area contributed by atoms with Crippen molar-refractivity contribution in [1.29, 1.82) is 0 Å². The van der Waals surface area contributed by atoms with Crippen molar-refractivity contribution in [3.63, 3.8) is 0 Å². The fourth-order valence-corrected chi connectivity index (χ4v) is 1.91. The number of hydrogen-bond acceptors (Lipinski definition) is 2. The Labute approximate surface area is 107 Å². The molecule has 0 spiro atoms. The van der Waals surface area contributed by atoms with Crippen LogP contribution in [0.3, 0.4) is 0 Å². The van der Waals surface area contributed by atoms with Crippen LogP contribution in [-0.2, 0) is 11.2 Å². The van der Waals surface area contributed by atoms with Crippen LogP contribution in [0.1, 0.15) is 31.7 Å². The molecule has 0 saturated heterocycles. The van der Waals surface area contributed by atoms with Crippen molar-refractivity contribution in [2.45, 2.75) is 39.7 Å². The van der Waals surface area contributed by atoms with E-state index in [1.54, 1.807) is 0 Å². The Morgan fingerprint density at radius 2 is 2.28 bits per heavy atom. The summed E-state index contributed by atoms with van der Waals surface area (Å²) in [6, 6.07) is 6.13. The Morgan fingerprint density at radius 1 is 1.50 bits per heavy atom. The van der Waals surface area contributed by atoms with Crippen molar-refractivity contribution in [1.82, 2.24) is 15.3 Å². The van der Waals surface area contributed by atoms with E-state index < -0.39 is 0 Å². The number of hydrogen-bond donors (Lipinski definition) is 2. The minimum absolute atomic E-state index is 0.0694. The number of imidazole rings is 1. The number of nitrogens with one attached hydrogen (secondary N) is 2. The molecule has 0 aliphatic rings. The number of nitrogens with zero attached hydrogens (tertiary/aromatic N) is 1. The van der Waals surface area contributed by atoms with E-state index in [0.29, 0.717) is 6.42 Å². The second-order valence-corrected chi connectivity index (χ2v) is 4.73. The van der Waals surface area contributed by atoms with Crippen molar-refractivity contribution in [2.24, 2.45) is 0 Å². The number of fused-ring (bicyclic) bond motifs is 1. The summed E-state index contributed by atoms with van der Waals surface area (Å²) in [6.07, 6.45) is 1.36. The van der Waals surface area contributed by atoms with Gasteiger partial charge in [0.1, 0.15) is 5.82 Å². The molecule has 2 N–H and O–H groups in total. The molecular weight excluding hydrogens is 226 g/mol. The molecule has 1 amide bonds. The number of aromatic nitrogens is 2. The maximum atomic E-state index is 11.8. The van der Waals surface area contributed by atoms with Gasteiger partial charge in [-0.05, 0) is 38.0 Å². The van der Waals surface area contributed by atoms with E-state index in [2.05, 4.69) is 22.2 Å². The monoisotopic (exact) mass is 245 g/mol. The third-order valence-electron chi connectivity index (χ3n) is 3.05. The lowest BCUT2D eigenvalue weighted by Gasteiger charge is -2.11. The Kier molecular flexibility index (Phi) is 3.65. The highest BCUT2D eigenvalue weighted by atomic mass is 16.1. The summed E-state index contributed by atoms with van der Waals surface area (Å²) in [5.74, 6) is 0.964. The Hall–Kier alpha value is -1.84. The molecule has 1 aromatic heterocycles. The van der Waals surface area contributed by atoms with Crippen LogP contribution >= 0.6 is 0 Å². The van der Waals surface area contributed by atoms with E-state index in [9.17, 15) is 4.79 Å². The van der Waals surface area contributed by atoms with Gasteiger partial charge in [0.15, 0.2) is 0 Å². The lowest BCUT2D eigenvalue weighted by atomic mass is 10.1. The molecule has 0 radical (unpaired) electrons. The molecule has 0 saturated carbocycles. The summed E-state index contributed by atoms with van der Waals surface area (Å²) < 4.78 is 0. The summed E-state index contributed by atoms with van der Waals surface area (Å²) >= 11 is 0. The lowest BCUT2D eigenvalue weighted by molar-refractivity contribution is -0.121. The van der Waals surface area contributed by atoms with Crippen LogP contribution in [0.15, 0.2) is 18.2 Å². The van der Waals surface area contributed by atoms with Crippen molar-refractivity contribution < 1.29 is 4.79 Å². The number of carbonyl (C=O) groups excluding carboxylic acids is 1. The van der Waals surface area contributed by atoms with Gasteiger partial charge in [-0.25, -0.2) is 4.98 Å². The molecule has 1 atom stereocenters. The van der Waals surface area contributed by atoms with E-state index in [-0.39, 0.29) is 11.9 Å². The Balaban J connectivity index is 2.09. The van der Waals surface area contributed by atoms with Crippen molar-refractivity contribution in [2.75, 3.05) is 0 Å². The standard InChI is InChI=1S/C14H19N3O/c1-4-9(2)15-14(18)8-11-5-6-12-13(7-11)17-10(3)16-12/h5-7,9H,4,8H2,1-3H3,(H,15,18)(H,16,17). The van der Waals surface area contributed by atoms with E-state index in [4.69, 9.17) is 0 Å². The predicted octanol–water partition coefficient (Wildman–Crippen LogP) is 2.33.